The van der Waals surface area contributed by atoms with E-state index in [9.17, 15) is 4.79 Å². The minimum absolute atomic E-state index is 0.0463. The van der Waals surface area contributed by atoms with E-state index in [-0.39, 0.29) is 5.91 Å². The highest BCUT2D eigenvalue weighted by Gasteiger charge is 2.20. The molecule has 1 aliphatic rings. The van der Waals surface area contributed by atoms with Crippen molar-refractivity contribution in [2.75, 3.05) is 6.54 Å². The van der Waals surface area contributed by atoms with Crippen molar-refractivity contribution in [3.05, 3.63) is 28.5 Å². The van der Waals surface area contributed by atoms with Crippen LogP contribution in [0.5, 0.6) is 0 Å². The van der Waals surface area contributed by atoms with Crippen molar-refractivity contribution in [1.29, 1.82) is 0 Å². The van der Waals surface area contributed by atoms with Crippen molar-refractivity contribution in [1.82, 2.24) is 10.3 Å². The number of nitrogens with one attached hydrogen (secondary N) is 1. The summed E-state index contributed by atoms with van der Waals surface area (Å²) in [6.45, 7) is 4.88. The van der Waals surface area contributed by atoms with Gasteiger partial charge in [-0.3, -0.25) is 4.79 Å². The van der Waals surface area contributed by atoms with Crippen molar-refractivity contribution >= 4 is 17.5 Å². The van der Waals surface area contributed by atoms with E-state index in [0.29, 0.717) is 16.6 Å². The Labute approximate surface area is 126 Å². The second-order valence-corrected chi connectivity index (χ2v) is 6.21. The van der Waals surface area contributed by atoms with E-state index in [1.54, 1.807) is 12.1 Å². The molecule has 0 saturated heterocycles. The average molecular weight is 295 g/mol. The van der Waals surface area contributed by atoms with E-state index in [1.165, 1.54) is 32.1 Å². The molecule has 1 N–H and O–H groups in total. The van der Waals surface area contributed by atoms with Gasteiger partial charge >= 0.3 is 0 Å². The zero-order valence-corrected chi connectivity index (χ0v) is 13.0. The third kappa shape index (κ3) is 4.20. The second kappa shape index (κ2) is 7.07. The van der Waals surface area contributed by atoms with Crippen LogP contribution >= 0.6 is 11.6 Å². The molecule has 0 aliphatic heterocycles. The van der Waals surface area contributed by atoms with E-state index in [0.717, 1.165) is 18.2 Å². The van der Waals surface area contributed by atoms with Crippen LogP contribution in [0.25, 0.3) is 0 Å². The lowest BCUT2D eigenvalue weighted by Gasteiger charge is -2.27. The third-order valence-corrected chi connectivity index (χ3v) is 4.47. The lowest BCUT2D eigenvalue weighted by molar-refractivity contribution is 0.0941. The van der Waals surface area contributed by atoms with E-state index < -0.39 is 0 Å². The van der Waals surface area contributed by atoms with E-state index >= 15 is 0 Å². The largest absolute Gasteiger partial charge is 0.352 e. The zero-order valence-electron chi connectivity index (χ0n) is 12.3. The molecule has 2 rings (SSSR count). The average Bonchev–Trinajstić information content (AvgIpc) is 2.44. The van der Waals surface area contributed by atoms with Gasteiger partial charge in [-0.25, -0.2) is 4.98 Å². The van der Waals surface area contributed by atoms with Crippen LogP contribution < -0.4 is 5.32 Å². The van der Waals surface area contributed by atoms with Gasteiger partial charge in [0.05, 0.1) is 0 Å². The second-order valence-electron chi connectivity index (χ2n) is 5.82. The predicted octanol–water partition coefficient (Wildman–Crippen LogP) is 3.99. The first-order valence-electron chi connectivity index (χ1n) is 7.51. The van der Waals surface area contributed by atoms with E-state index in [1.807, 2.05) is 6.92 Å². The summed E-state index contributed by atoms with van der Waals surface area (Å²) in [7, 11) is 0. The van der Waals surface area contributed by atoms with Crippen LogP contribution in [-0.2, 0) is 0 Å². The molecule has 0 bridgehead atoms. The number of nitrogens with zero attached hydrogens (tertiary/aromatic N) is 1. The maximum atomic E-state index is 12.1. The molecule has 0 aromatic carbocycles. The Balaban J connectivity index is 1.83. The molecule has 1 heterocycles. The standard InChI is InChI=1S/C16H23ClN2O/c1-3-12-4-6-13(7-5-12)10-18-16(20)14-8-11(2)19-15(17)9-14/h8-9,12-13H,3-7,10H2,1-2H3,(H,18,20). The number of hydrogen-bond donors (Lipinski definition) is 1. The lowest BCUT2D eigenvalue weighted by atomic mass is 9.81. The fourth-order valence-corrected chi connectivity index (χ4v) is 3.19. The number of rotatable bonds is 4. The molecular weight excluding hydrogens is 272 g/mol. The van der Waals surface area contributed by atoms with Crippen molar-refractivity contribution in [3.8, 4) is 0 Å². The quantitative estimate of drug-likeness (QED) is 0.853. The summed E-state index contributed by atoms with van der Waals surface area (Å²) in [5, 5.41) is 3.40. The Kier molecular flexibility index (Phi) is 5.41. The summed E-state index contributed by atoms with van der Waals surface area (Å²) >= 11 is 5.88. The molecule has 1 aromatic rings. The normalized spacial score (nSPS) is 22.6. The number of carbonyl (C=O) groups excluding carboxylic acids is 1. The van der Waals surface area contributed by atoms with Crippen LogP contribution in [0.15, 0.2) is 12.1 Å². The molecule has 0 radical (unpaired) electrons. The number of halogens is 1. The first-order valence-corrected chi connectivity index (χ1v) is 7.88. The van der Waals surface area contributed by atoms with Crippen LogP contribution in [0.2, 0.25) is 5.15 Å². The highest BCUT2D eigenvalue weighted by molar-refractivity contribution is 6.29. The zero-order chi connectivity index (χ0) is 14.5. The lowest BCUT2D eigenvalue weighted by Crippen LogP contribution is -2.31. The molecule has 1 amide bonds. The van der Waals surface area contributed by atoms with E-state index in [4.69, 9.17) is 11.6 Å². The first-order chi connectivity index (χ1) is 9.58. The summed E-state index contributed by atoms with van der Waals surface area (Å²) in [6.07, 6.45) is 6.35. The molecule has 0 atom stereocenters. The molecule has 20 heavy (non-hydrogen) atoms. The van der Waals surface area contributed by atoms with Crippen LogP contribution in [0.4, 0.5) is 0 Å². The fraction of sp³-hybridized carbons (Fsp3) is 0.625. The Morgan fingerprint density at radius 1 is 1.30 bits per heavy atom. The van der Waals surface area contributed by atoms with Gasteiger partial charge in [-0.15, -0.1) is 0 Å². The van der Waals surface area contributed by atoms with Crippen molar-refractivity contribution in [2.24, 2.45) is 11.8 Å². The Bertz CT molecular complexity index is 447. The summed E-state index contributed by atoms with van der Waals surface area (Å²) < 4.78 is 0. The fourth-order valence-electron chi connectivity index (χ4n) is 2.94. The molecule has 1 aromatic heterocycles. The third-order valence-electron chi connectivity index (χ3n) is 4.28. The van der Waals surface area contributed by atoms with Gasteiger partial charge in [-0.2, -0.15) is 0 Å². The number of carbonyl (C=O) groups is 1. The summed E-state index contributed by atoms with van der Waals surface area (Å²) in [6, 6.07) is 3.40. The smallest absolute Gasteiger partial charge is 0.251 e. The van der Waals surface area contributed by atoms with Crippen molar-refractivity contribution in [2.45, 2.75) is 46.0 Å². The topological polar surface area (TPSA) is 42.0 Å². The Hall–Kier alpha value is -1.09. The Morgan fingerprint density at radius 2 is 1.95 bits per heavy atom. The molecule has 110 valence electrons. The van der Waals surface area contributed by atoms with E-state index in [2.05, 4.69) is 17.2 Å². The number of aryl methyl sites for hydroxylation is 1. The molecule has 0 spiro atoms. The summed E-state index contributed by atoms with van der Waals surface area (Å²) in [4.78, 5) is 16.2. The highest BCUT2D eigenvalue weighted by Crippen LogP contribution is 2.30. The van der Waals surface area contributed by atoms with Crippen LogP contribution in [0.1, 0.15) is 55.1 Å². The van der Waals surface area contributed by atoms with Gasteiger partial charge in [0.2, 0.25) is 0 Å². The van der Waals surface area contributed by atoms with Crippen molar-refractivity contribution < 1.29 is 4.79 Å². The maximum Gasteiger partial charge on any atom is 0.251 e. The molecule has 3 nitrogen and oxygen atoms in total. The molecule has 1 fully saturated rings. The SMILES string of the molecule is CCC1CCC(CNC(=O)c2cc(C)nc(Cl)c2)CC1. The van der Waals surface area contributed by atoms with Gasteiger partial charge in [-0.1, -0.05) is 37.8 Å². The monoisotopic (exact) mass is 294 g/mol. The van der Waals surface area contributed by atoms with Gasteiger partial charge in [0.25, 0.3) is 5.91 Å². The van der Waals surface area contributed by atoms with Gasteiger partial charge < -0.3 is 5.32 Å². The van der Waals surface area contributed by atoms with Gasteiger partial charge in [0.15, 0.2) is 0 Å². The molecule has 4 heteroatoms. The molecule has 1 saturated carbocycles. The minimum atomic E-state index is -0.0463. The van der Waals surface area contributed by atoms with Gasteiger partial charge in [0, 0.05) is 17.8 Å². The molecule has 0 unspecified atom stereocenters. The number of pyridine rings is 1. The highest BCUT2D eigenvalue weighted by atomic mass is 35.5. The minimum Gasteiger partial charge on any atom is -0.352 e. The van der Waals surface area contributed by atoms with Crippen LogP contribution in [0.3, 0.4) is 0 Å². The van der Waals surface area contributed by atoms with Crippen molar-refractivity contribution in [3.63, 3.8) is 0 Å². The summed E-state index contributed by atoms with van der Waals surface area (Å²) in [5.74, 6) is 1.47. The predicted molar refractivity (Wildman–Crippen MR) is 82.1 cm³/mol. The van der Waals surface area contributed by atoms with Crippen LogP contribution in [-0.4, -0.2) is 17.4 Å². The van der Waals surface area contributed by atoms with Crippen LogP contribution in [0, 0.1) is 18.8 Å². The molecular formula is C16H23ClN2O. The Morgan fingerprint density at radius 3 is 2.55 bits per heavy atom. The van der Waals surface area contributed by atoms with Gasteiger partial charge in [-0.05, 0) is 43.7 Å². The maximum absolute atomic E-state index is 12.1. The summed E-state index contributed by atoms with van der Waals surface area (Å²) in [5.41, 5.74) is 1.37. The number of hydrogen-bond acceptors (Lipinski definition) is 2. The number of amides is 1. The molecule has 1 aliphatic carbocycles. The number of aromatic nitrogens is 1. The first kappa shape index (κ1) is 15.3. The van der Waals surface area contributed by atoms with Gasteiger partial charge in [0.1, 0.15) is 5.15 Å².